The minimum atomic E-state index is -0.216. The molecule has 7 aromatic carbocycles. The normalized spacial score (nSPS) is 19.3. The topological polar surface area (TPSA) is 22.9 Å². The Labute approximate surface area is 518 Å². The minimum Gasteiger partial charge on any atom is -0.468 e. The summed E-state index contributed by atoms with van der Waals surface area (Å²) in [5.41, 5.74) is 29.1. The van der Waals surface area contributed by atoms with Crippen molar-refractivity contribution in [2.45, 2.75) is 240 Å². The summed E-state index contributed by atoms with van der Waals surface area (Å²) in [6, 6.07) is 49.3. The zero-order valence-corrected chi connectivity index (χ0v) is 56.6. The van der Waals surface area contributed by atoms with Gasteiger partial charge >= 0.3 is 0 Å². The number of benzene rings is 7. The highest BCUT2D eigenvalue weighted by molar-refractivity contribution is 7.00. The molecule has 0 fully saturated rings. The number of fused-ring (bicyclic) bond motifs is 9. The van der Waals surface area contributed by atoms with Gasteiger partial charge in [0.15, 0.2) is 0 Å². The summed E-state index contributed by atoms with van der Waals surface area (Å²) in [4.78, 5) is 7.94. The average Bonchev–Trinajstić information content (AvgIpc) is 1.25. The molecule has 0 amide bonds. The molecule has 0 saturated heterocycles. The number of furan rings is 1. The largest absolute Gasteiger partial charge is 0.468 e. The Hall–Kier alpha value is -6.46. The molecule has 4 nitrogen and oxygen atoms in total. The predicted octanol–water partition coefficient (Wildman–Crippen LogP) is 21.2. The number of rotatable bonds is 5. The molecule has 0 atom stereocenters. The summed E-state index contributed by atoms with van der Waals surface area (Å²) in [6.45, 7) is 52.8. The van der Waals surface area contributed by atoms with E-state index in [4.69, 9.17) is 4.42 Å². The lowest BCUT2D eigenvalue weighted by molar-refractivity contribution is 0.332. The van der Waals surface area contributed by atoms with Crippen LogP contribution in [0.5, 0.6) is 0 Å². The number of nitrogens with zero attached hydrogens (tertiary/aromatic N) is 3. The maximum Gasteiger partial charge on any atom is 0.297 e. The van der Waals surface area contributed by atoms with Crippen LogP contribution in [-0.4, -0.2) is 6.71 Å². The van der Waals surface area contributed by atoms with Crippen molar-refractivity contribution in [2.75, 3.05) is 14.7 Å². The lowest BCUT2D eigenvalue weighted by atomic mass is 9.35. The highest BCUT2D eigenvalue weighted by Crippen LogP contribution is 2.57. The van der Waals surface area contributed by atoms with Gasteiger partial charge in [-0.05, 0) is 234 Å². The van der Waals surface area contributed by atoms with Crippen LogP contribution in [0, 0.1) is 6.92 Å². The van der Waals surface area contributed by atoms with Gasteiger partial charge in [0.25, 0.3) is 6.71 Å². The monoisotopic (exact) mass is 1140 g/mol. The van der Waals surface area contributed by atoms with Gasteiger partial charge < -0.3 is 19.1 Å². The molecule has 0 saturated carbocycles. The Kier molecular flexibility index (Phi) is 12.8. The highest BCUT2D eigenvalue weighted by Gasteiger charge is 2.50. The first-order valence-corrected chi connectivity index (χ1v) is 32.7. The van der Waals surface area contributed by atoms with Gasteiger partial charge in [0, 0.05) is 45.2 Å². The van der Waals surface area contributed by atoms with Crippen LogP contribution < -0.4 is 31.3 Å². The average molecular weight is 1140 g/mol. The summed E-state index contributed by atoms with van der Waals surface area (Å²) >= 11 is 0. The molecule has 0 N–H and O–H groups in total. The number of aryl methyl sites for hydroxylation is 1. The Bertz CT molecular complexity index is 4020. The smallest absolute Gasteiger partial charge is 0.297 e. The predicted molar refractivity (Wildman–Crippen MR) is 372 cm³/mol. The van der Waals surface area contributed by atoms with Crippen LogP contribution in [-0.2, 0) is 48.7 Å². The van der Waals surface area contributed by atoms with Crippen LogP contribution in [0.2, 0.25) is 0 Å². The molecule has 3 aliphatic carbocycles. The molecule has 0 radical (unpaired) electrons. The van der Waals surface area contributed by atoms with E-state index in [0.29, 0.717) is 0 Å². The number of hydrogen-bond donors (Lipinski definition) is 0. The standard InChI is InChI=1S/C81H98BN3O/c1-49-41-59-62(80(19,20)39-37-77(59,13)14)47-66(49)85-65-34-27-52(75(8,9)10)42-64(65)82-70-67(44-56(45-68(70)85)83(53-28-23-50(24-29-53)73(2,3)4)54-30-25-51(26-31-54)74(5,6)7)84(55-32-33-58-60(43-55)78(15,16)36-35-76(58,11)12)71-57-46-61-63(48-69(57)86-72(71)82)81(21,22)40-38-79(61,17)18/h23-34,41-48H,35-40H2,1-22H3. The van der Waals surface area contributed by atoms with E-state index in [2.05, 4.69) is 288 Å². The fourth-order valence-electron chi connectivity index (χ4n) is 16.0. The molecule has 1 aromatic heterocycles. The van der Waals surface area contributed by atoms with E-state index >= 15 is 0 Å². The molecule has 2 aliphatic heterocycles. The van der Waals surface area contributed by atoms with Crippen LogP contribution in [0.4, 0.5) is 51.2 Å². The Morgan fingerprint density at radius 1 is 0.395 bits per heavy atom. The first kappa shape index (κ1) is 58.6. The molecule has 5 heteroatoms. The third-order valence-electron chi connectivity index (χ3n) is 22.2. The third kappa shape index (κ3) is 9.17. The van der Waals surface area contributed by atoms with Crippen molar-refractivity contribution >= 4 is 85.5 Å². The Balaban J connectivity index is 1.21. The summed E-state index contributed by atoms with van der Waals surface area (Å²) in [6.07, 6.45) is 6.87. The molecule has 0 unspecified atom stereocenters. The second-order valence-electron chi connectivity index (χ2n) is 34.4. The van der Waals surface area contributed by atoms with Crippen LogP contribution in [0.3, 0.4) is 0 Å². The van der Waals surface area contributed by atoms with Crippen LogP contribution in [0.1, 0.15) is 240 Å². The lowest BCUT2D eigenvalue weighted by Gasteiger charge is -2.46. The molecule has 8 aromatic rings. The fourth-order valence-corrected chi connectivity index (χ4v) is 16.0. The highest BCUT2D eigenvalue weighted by atomic mass is 16.3. The summed E-state index contributed by atoms with van der Waals surface area (Å²) < 4.78 is 7.90. The Morgan fingerprint density at radius 2 is 0.826 bits per heavy atom. The van der Waals surface area contributed by atoms with E-state index in [1.807, 2.05) is 0 Å². The first-order chi connectivity index (χ1) is 39.9. The second kappa shape index (κ2) is 18.8. The van der Waals surface area contributed by atoms with Crippen LogP contribution in [0.15, 0.2) is 126 Å². The van der Waals surface area contributed by atoms with Gasteiger partial charge in [-0.3, -0.25) is 0 Å². The first-order valence-electron chi connectivity index (χ1n) is 32.7. The molecule has 0 spiro atoms. The molecule has 3 heterocycles. The second-order valence-corrected chi connectivity index (χ2v) is 34.4. The summed E-state index contributed by atoms with van der Waals surface area (Å²) in [5.74, 6) is 0. The zero-order valence-electron chi connectivity index (χ0n) is 56.6. The minimum absolute atomic E-state index is 0.00186. The lowest BCUT2D eigenvalue weighted by Crippen LogP contribution is -2.61. The van der Waals surface area contributed by atoms with Crippen molar-refractivity contribution in [1.29, 1.82) is 0 Å². The molecule has 13 rings (SSSR count). The number of anilines is 9. The van der Waals surface area contributed by atoms with Crippen molar-refractivity contribution < 1.29 is 4.42 Å². The van der Waals surface area contributed by atoms with E-state index in [1.54, 1.807) is 0 Å². The van der Waals surface area contributed by atoms with Gasteiger partial charge in [0.2, 0.25) is 0 Å². The molecule has 86 heavy (non-hydrogen) atoms. The maximum atomic E-state index is 7.90. The van der Waals surface area contributed by atoms with Gasteiger partial charge in [0.1, 0.15) is 5.58 Å². The molecular formula is C81H98BN3O. The Morgan fingerprint density at radius 3 is 1.33 bits per heavy atom. The van der Waals surface area contributed by atoms with E-state index < -0.39 is 0 Å². The van der Waals surface area contributed by atoms with Crippen molar-refractivity contribution in [3.05, 3.63) is 177 Å². The summed E-state index contributed by atoms with van der Waals surface area (Å²) in [5, 5.41) is 1.19. The van der Waals surface area contributed by atoms with Crippen molar-refractivity contribution in [1.82, 2.24) is 0 Å². The van der Waals surface area contributed by atoms with Crippen molar-refractivity contribution in [3.63, 3.8) is 0 Å². The molecule has 446 valence electrons. The summed E-state index contributed by atoms with van der Waals surface area (Å²) in [7, 11) is 0. The fraction of sp³-hybridized carbons (Fsp3) is 0.457. The van der Waals surface area contributed by atoms with Gasteiger partial charge in [-0.25, -0.2) is 0 Å². The number of hydrogen-bond acceptors (Lipinski definition) is 4. The third-order valence-corrected chi connectivity index (χ3v) is 22.2. The molecular weight excluding hydrogens is 1040 g/mol. The van der Waals surface area contributed by atoms with Gasteiger partial charge in [-0.2, -0.15) is 0 Å². The molecule has 0 bridgehead atoms. The zero-order chi connectivity index (χ0) is 61.8. The van der Waals surface area contributed by atoms with Crippen LogP contribution >= 0.6 is 0 Å². The van der Waals surface area contributed by atoms with Gasteiger partial charge in [-0.1, -0.05) is 194 Å². The molecule has 5 aliphatic rings. The van der Waals surface area contributed by atoms with E-state index in [0.717, 1.165) is 60.4 Å². The van der Waals surface area contributed by atoms with E-state index in [-0.39, 0.29) is 55.4 Å². The van der Waals surface area contributed by atoms with Gasteiger partial charge in [0.05, 0.1) is 17.0 Å². The SMILES string of the molecule is Cc1cc2c(cc1N1c3ccc(C(C)(C)C)cc3B3c4oc5cc6c(cc5c4N(c4ccc5c(c4)C(C)(C)CCC5(C)C)c4cc(N(c5ccc(C(C)(C)C)cc5)c5ccc(C(C)(C)C)cc5)cc1c43)C(C)(C)CCC6(C)C)C(C)(C)CCC2(C)C. The van der Waals surface area contributed by atoms with E-state index in [9.17, 15) is 0 Å². The van der Waals surface area contributed by atoms with E-state index in [1.165, 1.54) is 112 Å². The quantitative estimate of drug-likeness (QED) is 0.160. The maximum absolute atomic E-state index is 7.90. The van der Waals surface area contributed by atoms with Crippen molar-refractivity contribution in [2.24, 2.45) is 0 Å². The van der Waals surface area contributed by atoms with Crippen LogP contribution in [0.25, 0.3) is 11.0 Å². The van der Waals surface area contributed by atoms with Gasteiger partial charge in [-0.15, -0.1) is 0 Å². The van der Waals surface area contributed by atoms with Crippen molar-refractivity contribution in [3.8, 4) is 0 Å².